The van der Waals surface area contributed by atoms with Crippen LogP contribution in [0, 0.1) is 11.6 Å². The summed E-state index contributed by atoms with van der Waals surface area (Å²) in [5.41, 5.74) is -5.05. The zero-order chi connectivity index (χ0) is 13.6. The van der Waals surface area contributed by atoms with E-state index in [1.807, 2.05) is 0 Å². The van der Waals surface area contributed by atoms with E-state index in [4.69, 9.17) is 0 Å². The first kappa shape index (κ1) is 13.3. The molecule has 0 amide bonds. The molecular formula is C11H7F5OS. The summed E-state index contributed by atoms with van der Waals surface area (Å²) < 4.78 is 61.2. The number of ketones is 1. The number of Topliss-reactive ketones (excluding diaryl/α,β-unsaturated/α-hetero) is 1. The molecule has 1 aromatic carbocycles. The van der Waals surface area contributed by atoms with Crippen molar-refractivity contribution in [3.63, 3.8) is 0 Å². The minimum atomic E-state index is -4.55. The molecule has 1 fully saturated rings. The Balaban J connectivity index is 2.26. The van der Waals surface area contributed by atoms with Crippen molar-refractivity contribution >= 4 is 17.5 Å². The lowest BCUT2D eigenvalue weighted by Gasteiger charge is -2.15. The molecule has 1 aliphatic rings. The van der Waals surface area contributed by atoms with Gasteiger partial charge in [0.05, 0.1) is 10.3 Å². The lowest BCUT2D eigenvalue weighted by Crippen LogP contribution is -2.24. The highest BCUT2D eigenvalue weighted by Gasteiger charge is 2.57. The number of thioether (sulfide) groups is 1. The predicted molar refractivity (Wildman–Crippen MR) is 56.3 cm³/mol. The molecule has 1 aromatic rings. The van der Waals surface area contributed by atoms with Gasteiger partial charge >= 0.3 is 5.51 Å². The van der Waals surface area contributed by atoms with Crippen LogP contribution in [0.1, 0.15) is 23.2 Å². The van der Waals surface area contributed by atoms with Gasteiger partial charge in [-0.2, -0.15) is 13.2 Å². The fourth-order valence-electron chi connectivity index (χ4n) is 1.63. The smallest absolute Gasteiger partial charge is 0.292 e. The quantitative estimate of drug-likeness (QED) is 0.617. The Morgan fingerprint density at radius 3 is 2.28 bits per heavy atom. The largest absolute Gasteiger partial charge is 0.442 e. The Hall–Kier alpha value is -1.11. The molecule has 0 unspecified atom stereocenters. The first-order valence-electron chi connectivity index (χ1n) is 5.00. The summed E-state index contributed by atoms with van der Waals surface area (Å²) in [6.07, 6.45) is 0.0969. The van der Waals surface area contributed by atoms with Crippen LogP contribution in [0.5, 0.6) is 0 Å². The second-order valence-corrected chi connectivity index (χ2v) is 5.44. The minimum absolute atomic E-state index is 0.0484. The van der Waals surface area contributed by atoms with Gasteiger partial charge in [-0.25, -0.2) is 8.78 Å². The van der Waals surface area contributed by atoms with Crippen LogP contribution in [0.3, 0.4) is 0 Å². The van der Waals surface area contributed by atoms with Gasteiger partial charge in [0.1, 0.15) is 11.6 Å². The molecule has 98 valence electrons. The Labute approximate surface area is 103 Å². The number of carbonyl (C=O) groups excluding carboxylic acids is 1. The van der Waals surface area contributed by atoms with Crippen molar-refractivity contribution in [1.82, 2.24) is 0 Å². The molecule has 0 aliphatic heterocycles. The maximum absolute atomic E-state index is 13.3. The molecule has 0 saturated heterocycles. The third-order valence-electron chi connectivity index (χ3n) is 2.60. The molecule has 0 bridgehead atoms. The highest BCUT2D eigenvalue weighted by atomic mass is 32.2. The zero-order valence-electron chi connectivity index (χ0n) is 8.85. The molecule has 0 atom stereocenters. The van der Waals surface area contributed by atoms with Crippen molar-refractivity contribution < 1.29 is 26.7 Å². The number of benzene rings is 1. The summed E-state index contributed by atoms with van der Waals surface area (Å²) in [7, 11) is 0. The summed E-state index contributed by atoms with van der Waals surface area (Å²) in [5, 5.41) is 0. The van der Waals surface area contributed by atoms with Crippen molar-refractivity contribution in [3.8, 4) is 0 Å². The standard InChI is InChI=1S/C11H7F5OS/c12-6-1-2-7(8(13)5-6)9(17)10(3-4-10)18-11(14,15)16/h1-2,5H,3-4H2. The summed E-state index contributed by atoms with van der Waals surface area (Å²) in [4.78, 5) is 11.9. The van der Waals surface area contributed by atoms with Crippen LogP contribution in [0.4, 0.5) is 22.0 Å². The summed E-state index contributed by atoms with van der Waals surface area (Å²) in [6.45, 7) is 0. The molecule has 0 radical (unpaired) electrons. The Kier molecular flexibility index (Phi) is 3.12. The first-order chi connectivity index (χ1) is 8.23. The van der Waals surface area contributed by atoms with Gasteiger partial charge in [-0.05, 0) is 36.7 Å². The summed E-state index contributed by atoms with van der Waals surface area (Å²) in [6, 6.07) is 2.22. The zero-order valence-corrected chi connectivity index (χ0v) is 9.67. The van der Waals surface area contributed by atoms with Crippen LogP contribution < -0.4 is 0 Å². The van der Waals surface area contributed by atoms with E-state index in [1.54, 1.807) is 0 Å². The Morgan fingerprint density at radius 2 is 1.83 bits per heavy atom. The summed E-state index contributed by atoms with van der Waals surface area (Å²) >= 11 is -0.424. The molecule has 2 rings (SSSR count). The van der Waals surface area contributed by atoms with Crippen LogP contribution in [0.2, 0.25) is 0 Å². The van der Waals surface area contributed by atoms with E-state index in [2.05, 4.69) is 0 Å². The van der Waals surface area contributed by atoms with Gasteiger partial charge in [0.2, 0.25) is 0 Å². The number of alkyl halides is 3. The molecule has 7 heteroatoms. The maximum Gasteiger partial charge on any atom is 0.442 e. The molecule has 1 saturated carbocycles. The van der Waals surface area contributed by atoms with Crippen LogP contribution in [-0.4, -0.2) is 16.0 Å². The molecular weight excluding hydrogens is 275 g/mol. The van der Waals surface area contributed by atoms with E-state index < -0.39 is 45.0 Å². The summed E-state index contributed by atoms with van der Waals surface area (Å²) in [5.74, 6) is -2.94. The van der Waals surface area contributed by atoms with E-state index in [-0.39, 0.29) is 12.8 Å². The molecule has 1 aliphatic carbocycles. The number of halogens is 5. The third kappa shape index (κ3) is 2.66. The lowest BCUT2D eigenvalue weighted by molar-refractivity contribution is -0.0335. The Bertz CT molecular complexity index is 493. The van der Waals surface area contributed by atoms with E-state index in [9.17, 15) is 26.7 Å². The van der Waals surface area contributed by atoms with Crippen molar-refractivity contribution in [2.24, 2.45) is 0 Å². The van der Waals surface area contributed by atoms with Crippen LogP contribution in [-0.2, 0) is 0 Å². The molecule has 0 spiro atoms. The third-order valence-corrected chi connectivity index (χ3v) is 3.82. The lowest BCUT2D eigenvalue weighted by atomic mass is 10.1. The van der Waals surface area contributed by atoms with Gasteiger partial charge in [-0.15, -0.1) is 0 Å². The van der Waals surface area contributed by atoms with Gasteiger partial charge in [-0.1, -0.05) is 0 Å². The van der Waals surface area contributed by atoms with E-state index in [0.717, 1.165) is 12.1 Å². The normalized spacial score (nSPS) is 17.6. The van der Waals surface area contributed by atoms with Crippen molar-refractivity contribution in [2.45, 2.75) is 23.1 Å². The molecule has 1 nitrogen and oxygen atoms in total. The van der Waals surface area contributed by atoms with Crippen LogP contribution in [0.15, 0.2) is 18.2 Å². The fraction of sp³-hybridized carbons (Fsp3) is 0.364. The number of carbonyl (C=O) groups is 1. The van der Waals surface area contributed by atoms with Crippen molar-refractivity contribution in [3.05, 3.63) is 35.4 Å². The molecule has 0 heterocycles. The second-order valence-electron chi connectivity index (χ2n) is 4.00. The highest BCUT2D eigenvalue weighted by molar-refractivity contribution is 8.02. The second kappa shape index (κ2) is 4.22. The number of hydrogen-bond donors (Lipinski definition) is 0. The minimum Gasteiger partial charge on any atom is -0.292 e. The van der Waals surface area contributed by atoms with E-state index >= 15 is 0 Å². The Morgan fingerprint density at radius 1 is 1.22 bits per heavy atom. The topological polar surface area (TPSA) is 17.1 Å². The average Bonchev–Trinajstić information content (AvgIpc) is 2.95. The number of rotatable bonds is 3. The maximum atomic E-state index is 13.3. The van der Waals surface area contributed by atoms with Gasteiger partial charge in [0, 0.05) is 6.07 Å². The fourth-order valence-corrected chi connectivity index (χ4v) is 2.58. The van der Waals surface area contributed by atoms with Crippen molar-refractivity contribution in [1.29, 1.82) is 0 Å². The molecule has 18 heavy (non-hydrogen) atoms. The average molecular weight is 282 g/mol. The first-order valence-corrected chi connectivity index (χ1v) is 5.82. The van der Waals surface area contributed by atoms with Crippen LogP contribution >= 0.6 is 11.8 Å². The molecule has 0 aromatic heterocycles. The van der Waals surface area contributed by atoms with E-state index in [0.29, 0.717) is 6.07 Å². The number of hydrogen-bond acceptors (Lipinski definition) is 2. The van der Waals surface area contributed by atoms with Gasteiger partial charge in [0.25, 0.3) is 0 Å². The molecule has 0 N–H and O–H groups in total. The van der Waals surface area contributed by atoms with Gasteiger partial charge in [0.15, 0.2) is 5.78 Å². The van der Waals surface area contributed by atoms with E-state index in [1.165, 1.54) is 0 Å². The van der Waals surface area contributed by atoms with Crippen LogP contribution in [0.25, 0.3) is 0 Å². The van der Waals surface area contributed by atoms with Gasteiger partial charge in [-0.3, -0.25) is 4.79 Å². The van der Waals surface area contributed by atoms with Crippen molar-refractivity contribution in [2.75, 3.05) is 0 Å². The monoisotopic (exact) mass is 282 g/mol. The predicted octanol–water partition coefficient (Wildman–Crippen LogP) is 3.93. The van der Waals surface area contributed by atoms with Gasteiger partial charge < -0.3 is 0 Å². The SMILES string of the molecule is O=C(c1ccc(F)cc1F)C1(SC(F)(F)F)CC1. The highest BCUT2D eigenvalue weighted by Crippen LogP contribution is 2.56.